The summed E-state index contributed by atoms with van der Waals surface area (Å²) >= 11 is 0. The van der Waals surface area contributed by atoms with Crippen molar-refractivity contribution in [2.45, 2.75) is 32.0 Å². The molecule has 0 N–H and O–H groups in total. The van der Waals surface area contributed by atoms with E-state index in [9.17, 15) is 4.79 Å². The molecule has 2 radical (unpaired) electrons. The molecule has 0 spiro atoms. The Morgan fingerprint density at radius 1 is 1.43 bits per heavy atom. The van der Waals surface area contributed by atoms with Crippen molar-refractivity contribution in [1.29, 1.82) is 0 Å². The maximum Gasteiger partial charge on any atom is 0.150 e. The van der Waals surface area contributed by atoms with Gasteiger partial charge in [0.15, 0.2) is 0 Å². The molecule has 0 aliphatic heterocycles. The molecule has 1 aliphatic rings. The Balaban J connectivity index is 0.000000364. The monoisotopic (exact) mass is 193 g/mol. The summed E-state index contributed by atoms with van der Waals surface area (Å²) in [5.74, 6) is 0.125. The summed E-state index contributed by atoms with van der Waals surface area (Å²) in [7, 11) is 11.2. The highest BCUT2D eigenvalue weighted by molar-refractivity contribution is 6.23. The lowest BCUT2D eigenvalue weighted by molar-refractivity contribution is -0.113. The van der Waals surface area contributed by atoms with E-state index in [4.69, 9.17) is 7.85 Å². The highest BCUT2D eigenvalue weighted by Gasteiger charge is 2.08. The predicted octanol–water partition coefficient (Wildman–Crippen LogP) is 1.82. The average molecular weight is 193 g/mol. The first-order chi connectivity index (χ1) is 6.57. The normalized spacial score (nSPS) is 15.6. The van der Waals surface area contributed by atoms with Crippen LogP contribution in [0.1, 0.15) is 25.7 Å². The molecule has 1 rings (SSSR count). The molecule has 0 fully saturated rings. The minimum atomic E-state index is 0.125. The molecule has 3 heteroatoms. The summed E-state index contributed by atoms with van der Waals surface area (Å²) in [5.41, 5.74) is 0.953. The van der Waals surface area contributed by atoms with Crippen LogP contribution >= 0.6 is 0 Å². The van der Waals surface area contributed by atoms with Crippen LogP contribution in [-0.4, -0.2) is 39.7 Å². The molecule has 0 unspecified atom stereocenters. The van der Waals surface area contributed by atoms with Gasteiger partial charge in [-0.3, -0.25) is 4.79 Å². The van der Waals surface area contributed by atoms with Gasteiger partial charge in [-0.25, -0.2) is 0 Å². The van der Waals surface area contributed by atoms with Gasteiger partial charge in [0.2, 0.25) is 0 Å². The van der Waals surface area contributed by atoms with Gasteiger partial charge in [-0.05, 0) is 58.7 Å². The number of carbonyl (C=O) groups is 1. The minimum absolute atomic E-state index is 0.125. The van der Waals surface area contributed by atoms with E-state index in [1.54, 1.807) is 0 Å². The van der Waals surface area contributed by atoms with E-state index in [1.807, 2.05) is 32.1 Å². The fourth-order valence-electron chi connectivity index (χ4n) is 1.22. The van der Waals surface area contributed by atoms with Crippen molar-refractivity contribution >= 4 is 13.6 Å². The average Bonchev–Trinajstić information content (AvgIpc) is 2.17. The van der Waals surface area contributed by atoms with Crippen molar-refractivity contribution in [3.05, 3.63) is 11.6 Å². The van der Waals surface area contributed by atoms with Crippen LogP contribution in [0.3, 0.4) is 0 Å². The maximum absolute atomic E-state index is 11.0. The molecule has 0 aromatic carbocycles. The Hall–Kier alpha value is -0.565. The third-order valence-corrected chi connectivity index (χ3v) is 1.83. The van der Waals surface area contributed by atoms with Gasteiger partial charge < -0.3 is 4.90 Å². The number of allylic oxidation sites excluding steroid dienone is 2. The van der Waals surface area contributed by atoms with Crippen LogP contribution in [-0.2, 0) is 4.79 Å². The summed E-state index contributed by atoms with van der Waals surface area (Å²) in [6.07, 6.45) is 6.57. The lowest BCUT2D eigenvalue weighted by Gasteiger charge is -2.09. The van der Waals surface area contributed by atoms with E-state index in [-0.39, 0.29) is 12.1 Å². The van der Waals surface area contributed by atoms with Crippen molar-refractivity contribution in [1.82, 2.24) is 4.90 Å². The van der Waals surface area contributed by atoms with E-state index in [0.717, 1.165) is 24.8 Å². The van der Waals surface area contributed by atoms with Crippen molar-refractivity contribution in [3.63, 3.8) is 0 Å². The molecular formula is C11H20BNO. The third-order valence-electron chi connectivity index (χ3n) is 1.83. The molecule has 0 atom stereocenters. The lowest BCUT2D eigenvalue weighted by atomic mass is 9.89. The zero-order valence-electron chi connectivity index (χ0n) is 9.55. The molecule has 14 heavy (non-hydrogen) atoms. The summed E-state index contributed by atoms with van der Waals surface area (Å²) in [5, 5.41) is 0. The second-order valence-corrected chi connectivity index (χ2v) is 3.94. The maximum atomic E-state index is 11.0. The molecule has 0 bridgehead atoms. The molecule has 1 aliphatic carbocycles. The van der Waals surface area contributed by atoms with Crippen LogP contribution in [0.25, 0.3) is 0 Å². The fraction of sp³-hybridized carbons (Fsp3) is 0.727. The van der Waals surface area contributed by atoms with E-state index in [0.29, 0.717) is 0 Å². The quantitative estimate of drug-likeness (QED) is 0.623. The Bertz CT molecular complexity index is 197. The van der Waals surface area contributed by atoms with Gasteiger partial charge in [0.05, 0.1) is 7.85 Å². The van der Waals surface area contributed by atoms with E-state index in [2.05, 4.69) is 0 Å². The zero-order valence-corrected chi connectivity index (χ0v) is 9.55. The minimum Gasteiger partial charge on any atom is -0.312 e. The fourth-order valence-corrected chi connectivity index (χ4v) is 1.22. The van der Waals surface area contributed by atoms with Gasteiger partial charge in [-0.15, -0.1) is 0 Å². The van der Waals surface area contributed by atoms with Crippen LogP contribution < -0.4 is 0 Å². The van der Waals surface area contributed by atoms with Crippen LogP contribution in [0, 0.1) is 0 Å². The van der Waals surface area contributed by atoms with Crippen LogP contribution in [0.5, 0.6) is 0 Å². The van der Waals surface area contributed by atoms with E-state index >= 15 is 0 Å². The second-order valence-electron chi connectivity index (χ2n) is 3.94. The highest BCUT2D eigenvalue weighted by Crippen LogP contribution is 2.18. The molecule has 78 valence electrons. The smallest absolute Gasteiger partial charge is 0.150 e. The van der Waals surface area contributed by atoms with Crippen LogP contribution in [0.15, 0.2) is 11.6 Å². The van der Waals surface area contributed by atoms with Crippen LogP contribution in [0.4, 0.5) is 0 Å². The Morgan fingerprint density at radius 3 is 2.36 bits per heavy atom. The summed E-state index contributed by atoms with van der Waals surface area (Å²) < 4.78 is 0. The standard InChI is InChI=1S/C8H11BO.C3H9N/c9-6-8(10)7-4-2-1-3-5-7;1-4(2)3/h4H,1-3,5-6H2;1-3H3. The first-order valence-corrected chi connectivity index (χ1v) is 5.11. The van der Waals surface area contributed by atoms with Gasteiger partial charge in [0.25, 0.3) is 0 Å². The summed E-state index contributed by atoms with van der Waals surface area (Å²) in [6.45, 7) is 0. The first-order valence-electron chi connectivity index (χ1n) is 5.11. The van der Waals surface area contributed by atoms with Gasteiger partial charge in [-0.1, -0.05) is 6.08 Å². The number of Topliss-reactive ketones (excluding diaryl/α,β-unsaturated/α-hetero) is 1. The van der Waals surface area contributed by atoms with Gasteiger partial charge in [0, 0.05) is 0 Å². The number of hydrogen-bond donors (Lipinski definition) is 0. The van der Waals surface area contributed by atoms with Gasteiger partial charge in [0.1, 0.15) is 5.78 Å². The Labute approximate surface area is 88.8 Å². The summed E-state index contributed by atoms with van der Waals surface area (Å²) in [4.78, 5) is 13.0. The van der Waals surface area contributed by atoms with Crippen LogP contribution in [0.2, 0.25) is 6.32 Å². The predicted molar refractivity (Wildman–Crippen MR) is 61.7 cm³/mol. The molecule has 0 amide bonds. The first kappa shape index (κ1) is 13.4. The van der Waals surface area contributed by atoms with E-state index in [1.165, 1.54) is 6.42 Å². The lowest BCUT2D eigenvalue weighted by Crippen LogP contribution is -2.04. The third kappa shape index (κ3) is 6.90. The molecule has 0 saturated carbocycles. The number of rotatable bonds is 2. The SMILES string of the molecule is CN(C)C.[B]CC(=O)C1=CCCCC1. The van der Waals surface area contributed by atoms with Crippen molar-refractivity contribution < 1.29 is 4.79 Å². The second kappa shape index (κ2) is 7.80. The number of carbonyl (C=O) groups excluding carboxylic acids is 1. The Kier molecular flexibility index (Phi) is 7.49. The van der Waals surface area contributed by atoms with Crippen molar-refractivity contribution in [3.8, 4) is 0 Å². The molecule has 0 aromatic rings. The molecular weight excluding hydrogens is 173 g/mol. The zero-order chi connectivity index (χ0) is 11.0. The molecule has 0 heterocycles. The largest absolute Gasteiger partial charge is 0.312 e. The number of ketones is 1. The number of hydrogen-bond acceptors (Lipinski definition) is 2. The number of nitrogens with zero attached hydrogens (tertiary/aromatic N) is 1. The topological polar surface area (TPSA) is 20.3 Å². The van der Waals surface area contributed by atoms with Crippen molar-refractivity contribution in [2.75, 3.05) is 21.1 Å². The van der Waals surface area contributed by atoms with E-state index < -0.39 is 0 Å². The highest BCUT2D eigenvalue weighted by atomic mass is 16.1. The molecule has 2 nitrogen and oxygen atoms in total. The summed E-state index contributed by atoms with van der Waals surface area (Å²) in [6, 6.07) is 0. The Morgan fingerprint density at radius 2 is 2.00 bits per heavy atom. The molecule has 0 aromatic heterocycles. The van der Waals surface area contributed by atoms with Gasteiger partial charge >= 0.3 is 0 Å². The van der Waals surface area contributed by atoms with Crippen molar-refractivity contribution in [2.24, 2.45) is 0 Å². The molecule has 0 saturated heterocycles. The van der Waals surface area contributed by atoms with Gasteiger partial charge in [-0.2, -0.15) is 0 Å².